The minimum absolute atomic E-state index is 0.551. The van der Waals surface area contributed by atoms with Crippen LogP contribution in [-0.2, 0) is 0 Å². The Morgan fingerprint density at radius 3 is 2.70 bits per heavy atom. The van der Waals surface area contributed by atoms with Crippen LogP contribution in [0.25, 0.3) is 0 Å². The lowest BCUT2D eigenvalue weighted by Gasteiger charge is -1.97. The van der Waals surface area contributed by atoms with Crippen LogP contribution in [0.1, 0.15) is 15.9 Å². The van der Waals surface area contributed by atoms with Crippen molar-refractivity contribution in [3.63, 3.8) is 0 Å². The summed E-state index contributed by atoms with van der Waals surface area (Å²) in [5, 5.41) is 0. The van der Waals surface area contributed by atoms with Crippen molar-refractivity contribution in [2.45, 2.75) is 6.92 Å². The highest BCUT2D eigenvalue weighted by Gasteiger charge is 1.94. The summed E-state index contributed by atoms with van der Waals surface area (Å²) in [7, 11) is 0. The van der Waals surface area contributed by atoms with Gasteiger partial charge in [-0.2, -0.15) is 0 Å². The van der Waals surface area contributed by atoms with Gasteiger partial charge in [0.1, 0.15) is 0 Å². The molecule has 1 aromatic carbocycles. The Morgan fingerprint density at radius 2 is 2.20 bits per heavy atom. The molecular formula is C8H9NO. The van der Waals surface area contributed by atoms with Crippen molar-refractivity contribution < 1.29 is 4.79 Å². The molecule has 2 N–H and O–H groups in total. The number of aldehydes is 1. The van der Waals surface area contributed by atoms with Crippen LogP contribution in [0, 0.1) is 6.92 Å². The lowest BCUT2D eigenvalue weighted by atomic mass is 10.1. The first-order valence-electron chi connectivity index (χ1n) is 3.05. The van der Waals surface area contributed by atoms with E-state index in [-0.39, 0.29) is 0 Å². The lowest BCUT2D eigenvalue weighted by molar-refractivity contribution is 0.112. The highest BCUT2D eigenvalue weighted by molar-refractivity contribution is 5.83. The average molecular weight is 135 g/mol. The minimum atomic E-state index is 0.551. The van der Waals surface area contributed by atoms with Crippen molar-refractivity contribution in [2.75, 3.05) is 5.73 Å². The number of benzene rings is 1. The van der Waals surface area contributed by atoms with E-state index in [1.807, 2.05) is 13.0 Å². The molecule has 0 bridgehead atoms. The van der Waals surface area contributed by atoms with Crippen LogP contribution in [0.5, 0.6) is 0 Å². The zero-order valence-corrected chi connectivity index (χ0v) is 5.79. The smallest absolute Gasteiger partial charge is 0.152 e. The molecule has 0 spiro atoms. The third-order valence-corrected chi connectivity index (χ3v) is 1.37. The molecule has 2 heteroatoms. The van der Waals surface area contributed by atoms with E-state index in [0.717, 1.165) is 11.8 Å². The maximum Gasteiger partial charge on any atom is 0.152 e. The molecule has 0 saturated heterocycles. The van der Waals surface area contributed by atoms with E-state index in [4.69, 9.17) is 5.73 Å². The molecule has 10 heavy (non-hydrogen) atoms. The van der Waals surface area contributed by atoms with Gasteiger partial charge in [-0.25, -0.2) is 0 Å². The molecule has 0 fully saturated rings. The van der Waals surface area contributed by atoms with Crippen LogP contribution in [0.3, 0.4) is 0 Å². The van der Waals surface area contributed by atoms with Crippen molar-refractivity contribution >= 4 is 12.0 Å². The molecular weight excluding hydrogens is 126 g/mol. The van der Waals surface area contributed by atoms with Gasteiger partial charge in [0.05, 0.1) is 0 Å². The molecule has 0 amide bonds. The van der Waals surface area contributed by atoms with E-state index in [2.05, 4.69) is 0 Å². The summed E-state index contributed by atoms with van der Waals surface area (Å²) >= 11 is 0. The molecule has 1 rings (SSSR count). The van der Waals surface area contributed by atoms with E-state index in [1.165, 1.54) is 0 Å². The normalized spacial score (nSPS) is 9.30. The van der Waals surface area contributed by atoms with Gasteiger partial charge in [0.15, 0.2) is 6.29 Å². The van der Waals surface area contributed by atoms with Gasteiger partial charge in [0.25, 0.3) is 0 Å². The first-order chi connectivity index (χ1) is 4.74. The zero-order chi connectivity index (χ0) is 7.56. The molecule has 0 atom stereocenters. The highest BCUT2D eigenvalue weighted by Crippen LogP contribution is 2.10. The first kappa shape index (κ1) is 6.81. The van der Waals surface area contributed by atoms with E-state index in [9.17, 15) is 4.79 Å². The minimum Gasteiger partial charge on any atom is -0.398 e. The zero-order valence-electron chi connectivity index (χ0n) is 5.79. The number of aryl methyl sites for hydroxylation is 1. The molecule has 1 aromatic rings. The topological polar surface area (TPSA) is 43.1 Å². The van der Waals surface area contributed by atoms with E-state index in [0.29, 0.717) is 11.3 Å². The average Bonchev–Trinajstić information content (AvgIpc) is 1.88. The summed E-state index contributed by atoms with van der Waals surface area (Å²) in [6.45, 7) is 1.94. The van der Waals surface area contributed by atoms with Crippen molar-refractivity contribution in [1.82, 2.24) is 0 Å². The molecule has 0 unspecified atom stereocenters. The van der Waals surface area contributed by atoms with Gasteiger partial charge in [0.2, 0.25) is 0 Å². The Kier molecular flexibility index (Phi) is 1.71. The van der Waals surface area contributed by atoms with Gasteiger partial charge in [-0.05, 0) is 24.6 Å². The van der Waals surface area contributed by atoms with E-state index >= 15 is 0 Å². The summed E-state index contributed by atoms with van der Waals surface area (Å²) in [5.41, 5.74) is 7.68. The fourth-order valence-electron chi connectivity index (χ4n) is 0.802. The number of carbonyl (C=O) groups excluding carboxylic acids is 1. The van der Waals surface area contributed by atoms with Gasteiger partial charge in [-0.3, -0.25) is 4.79 Å². The Balaban J connectivity index is 3.19. The Bertz CT molecular complexity index is 255. The van der Waals surface area contributed by atoms with Crippen LogP contribution >= 0.6 is 0 Å². The predicted molar refractivity (Wildman–Crippen MR) is 41.0 cm³/mol. The van der Waals surface area contributed by atoms with Crippen molar-refractivity contribution in [1.29, 1.82) is 0 Å². The number of hydrogen-bond acceptors (Lipinski definition) is 2. The maximum absolute atomic E-state index is 10.3. The monoisotopic (exact) mass is 135 g/mol. The molecule has 2 nitrogen and oxygen atoms in total. The molecule has 0 heterocycles. The standard InChI is InChI=1S/C8H9NO/c1-6-2-3-7(5-10)8(9)4-6/h2-5H,9H2,1H3. The lowest BCUT2D eigenvalue weighted by Crippen LogP contribution is -1.92. The summed E-state index contributed by atoms with van der Waals surface area (Å²) < 4.78 is 0. The molecule has 0 radical (unpaired) electrons. The number of nitrogen functional groups attached to an aromatic ring is 1. The number of hydrogen-bond donors (Lipinski definition) is 1. The SMILES string of the molecule is Cc1ccc(C=O)c(N)c1. The first-order valence-corrected chi connectivity index (χ1v) is 3.05. The summed E-state index contributed by atoms with van der Waals surface area (Å²) in [6.07, 6.45) is 0.759. The van der Waals surface area contributed by atoms with Crippen molar-refractivity contribution in [3.05, 3.63) is 29.3 Å². The number of carbonyl (C=O) groups is 1. The fourth-order valence-corrected chi connectivity index (χ4v) is 0.802. The van der Waals surface area contributed by atoms with Crippen molar-refractivity contribution in [3.8, 4) is 0 Å². The van der Waals surface area contributed by atoms with Crippen LogP contribution in [0.4, 0.5) is 5.69 Å². The second kappa shape index (κ2) is 2.52. The van der Waals surface area contributed by atoms with E-state index in [1.54, 1.807) is 12.1 Å². The largest absolute Gasteiger partial charge is 0.398 e. The van der Waals surface area contributed by atoms with Crippen LogP contribution < -0.4 is 5.73 Å². The number of nitrogens with two attached hydrogens (primary N) is 1. The van der Waals surface area contributed by atoms with Gasteiger partial charge >= 0.3 is 0 Å². The number of rotatable bonds is 1. The summed E-state index contributed by atoms with van der Waals surface area (Å²) in [4.78, 5) is 10.3. The Hall–Kier alpha value is -1.31. The molecule has 0 aliphatic rings. The predicted octanol–water partition coefficient (Wildman–Crippen LogP) is 1.39. The second-order valence-corrected chi connectivity index (χ2v) is 2.25. The summed E-state index contributed by atoms with van der Waals surface area (Å²) in [5.74, 6) is 0. The van der Waals surface area contributed by atoms with Gasteiger partial charge in [0, 0.05) is 11.3 Å². The molecule has 52 valence electrons. The van der Waals surface area contributed by atoms with Gasteiger partial charge < -0.3 is 5.73 Å². The van der Waals surface area contributed by atoms with E-state index < -0.39 is 0 Å². The molecule has 0 aliphatic heterocycles. The van der Waals surface area contributed by atoms with Gasteiger partial charge in [-0.1, -0.05) is 6.07 Å². The summed E-state index contributed by atoms with van der Waals surface area (Å²) in [6, 6.07) is 5.36. The molecule has 0 saturated carbocycles. The van der Waals surface area contributed by atoms with Gasteiger partial charge in [-0.15, -0.1) is 0 Å². The van der Waals surface area contributed by atoms with Crippen LogP contribution in [-0.4, -0.2) is 6.29 Å². The second-order valence-electron chi connectivity index (χ2n) is 2.25. The Labute approximate surface area is 59.7 Å². The molecule has 0 aromatic heterocycles. The highest BCUT2D eigenvalue weighted by atomic mass is 16.1. The Morgan fingerprint density at radius 1 is 1.50 bits per heavy atom. The quantitative estimate of drug-likeness (QED) is 0.467. The maximum atomic E-state index is 10.3. The number of anilines is 1. The van der Waals surface area contributed by atoms with Crippen molar-refractivity contribution in [2.24, 2.45) is 0 Å². The fraction of sp³-hybridized carbons (Fsp3) is 0.125. The van der Waals surface area contributed by atoms with Crippen LogP contribution in [0.2, 0.25) is 0 Å². The van der Waals surface area contributed by atoms with Crippen LogP contribution in [0.15, 0.2) is 18.2 Å². The third-order valence-electron chi connectivity index (χ3n) is 1.37. The third kappa shape index (κ3) is 1.16. The molecule has 0 aliphatic carbocycles.